The van der Waals surface area contributed by atoms with Crippen molar-refractivity contribution >= 4 is 11.8 Å². The summed E-state index contributed by atoms with van der Waals surface area (Å²) in [5, 5.41) is 38.7. The van der Waals surface area contributed by atoms with Gasteiger partial charge < -0.3 is 19.9 Å². The summed E-state index contributed by atoms with van der Waals surface area (Å²) in [4.78, 5) is 0. The zero-order valence-electron chi connectivity index (χ0n) is 15.5. The summed E-state index contributed by atoms with van der Waals surface area (Å²) in [6.45, 7) is 3.91. The van der Waals surface area contributed by atoms with Gasteiger partial charge in [0.05, 0.1) is 5.56 Å². The van der Waals surface area contributed by atoms with E-state index < -0.39 is 0 Å². The van der Waals surface area contributed by atoms with E-state index in [1.54, 1.807) is 10.6 Å². The zero-order chi connectivity index (χ0) is 19.3. The Hall–Kier alpha value is -3.22. The molecule has 140 valence electrons. The molecule has 0 bridgehead atoms. The van der Waals surface area contributed by atoms with Crippen molar-refractivity contribution in [3.8, 4) is 28.9 Å². The van der Waals surface area contributed by atoms with Gasteiger partial charge in [-0.1, -0.05) is 18.9 Å². The molecular formula is C20H22N4O3. The molecule has 0 atom stereocenters. The van der Waals surface area contributed by atoms with Crippen LogP contribution in [0.5, 0.6) is 17.5 Å². The number of hydrogen-bond acceptors (Lipinski definition) is 5. The third-order valence-electron chi connectivity index (χ3n) is 5.12. The van der Waals surface area contributed by atoms with Crippen molar-refractivity contribution in [2.75, 3.05) is 0 Å². The Labute approximate surface area is 156 Å². The quantitative estimate of drug-likeness (QED) is 0.660. The number of phenols is 2. The first-order valence-electron chi connectivity index (χ1n) is 8.92. The summed E-state index contributed by atoms with van der Waals surface area (Å²) in [6, 6.07) is 4.82. The average molecular weight is 366 g/mol. The fourth-order valence-electron chi connectivity index (χ4n) is 3.66. The fraction of sp³-hybridized carbons (Fsp3) is 0.300. The first-order chi connectivity index (χ1) is 12.9. The second kappa shape index (κ2) is 6.19. The van der Waals surface area contributed by atoms with E-state index in [9.17, 15) is 15.3 Å². The highest BCUT2D eigenvalue weighted by atomic mass is 16.3. The first-order valence-corrected chi connectivity index (χ1v) is 8.92. The molecule has 0 fully saturated rings. The monoisotopic (exact) mass is 366 g/mol. The predicted octanol–water partition coefficient (Wildman–Crippen LogP) is 3.47. The molecule has 7 nitrogen and oxygen atoms in total. The maximum atomic E-state index is 10.4. The SMILES string of the molecule is CC(C)c1cc(-c2nnc(O)n2C2=Cc3ccn(C)c3CC2)c(O)cc1O. The highest BCUT2D eigenvalue weighted by molar-refractivity contribution is 5.79. The van der Waals surface area contributed by atoms with Crippen LogP contribution in [0, 0.1) is 0 Å². The first kappa shape index (κ1) is 17.2. The minimum atomic E-state index is -0.228. The van der Waals surface area contributed by atoms with Crippen molar-refractivity contribution in [1.82, 2.24) is 19.3 Å². The highest BCUT2D eigenvalue weighted by Crippen LogP contribution is 2.40. The lowest BCUT2D eigenvalue weighted by Gasteiger charge is -2.18. The van der Waals surface area contributed by atoms with Crippen molar-refractivity contribution in [2.24, 2.45) is 7.05 Å². The van der Waals surface area contributed by atoms with Crippen LogP contribution in [0.4, 0.5) is 0 Å². The zero-order valence-corrected chi connectivity index (χ0v) is 15.5. The summed E-state index contributed by atoms with van der Waals surface area (Å²) in [5.74, 6) is 0.335. The van der Waals surface area contributed by atoms with E-state index in [-0.39, 0.29) is 23.4 Å². The molecule has 0 amide bonds. The molecule has 1 aliphatic rings. The maximum absolute atomic E-state index is 10.4. The van der Waals surface area contributed by atoms with Crippen LogP contribution in [0.3, 0.4) is 0 Å². The lowest BCUT2D eigenvalue weighted by atomic mass is 9.98. The number of nitrogens with zero attached hydrogens (tertiary/aromatic N) is 4. The van der Waals surface area contributed by atoms with Gasteiger partial charge in [0.2, 0.25) is 0 Å². The van der Waals surface area contributed by atoms with E-state index in [0.717, 1.165) is 17.7 Å². The van der Waals surface area contributed by atoms with Crippen LogP contribution in [-0.2, 0) is 13.5 Å². The molecule has 2 heterocycles. The molecule has 4 rings (SSSR count). The minimum absolute atomic E-state index is 0.0346. The molecule has 3 N–H and O–H groups in total. The summed E-state index contributed by atoms with van der Waals surface area (Å²) in [5.41, 5.74) is 4.30. The smallest absolute Gasteiger partial charge is 0.319 e. The summed E-state index contributed by atoms with van der Waals surface area (Å²) in [7, 11) is 2.02. The van der Waals surface area contributed by atoms with Gasteiger partial charge >= 0.3 is 6.01 Å². The topological polar surface area (TPSA) is 96.3 Å². The molecule has 1 aromatic carbocycles. The van der Waals surface area contributed by atoms with E-state index in [1.165, 1.54) is 11.8 Å². The normalized spacial score (nSPS) is 13.7. The molecule has 0 radical (unpaired) electrons. The Morgan fingerprint density at radius 3 is 2.56 bits per heavy atom. The largest absolute Gasteiger partial charge is 0.508 e. The highest BCUT2D eigenvalue weighted by Gasteiger charge is 2.24. The molecule has 0 saturated carbocycles. The fourth-order valence-corrected chi connectivity index (χ4v) is 3.66. The molecule has 0 saturated heterocycles. The molecule has 0 aliphatic heterocycles. The van der Waals surface area contributed by atoms with Gasteiger partial charge in [-0.3, -0.25) is 0 Å². The number of fused-ring (bicyclic) bond motifs is 1. The van der Waals surface area contributed by atoms with Crippen LogP contribution in [0.2, 0.25) is 0 Å². The van der Waals surface area contributed by atoms with Crippen LogP contribution in [0.15, 0.2) is 24.4 Å². The van der Waals surface area contributed by atoms with E-state index in [1.807, 2.05) is 39.2 Å². The molecule has 27 heavy (non-hydrogen) atoms. The van der Waals surface area contributed by atoms with Crippen molar-refractivity contribution in [2.45, 2.75) is 32.6 Å². The van der Waals surface area contributed by atoms with Crippen molar-refractivity contribution < 1.29 is 15.3 Å². The molecule has 2 aromatic heterocycles. The van der Waals surface area contributed by atoms with E-state index in [4.69, 9.17) is 0 Å². The summed E-state index contributed by atoms with van der Waals surface area (Å²) < 4.78 is 3.66. The second-order valence-corrected chi connectivity index (χ2v) is 7.21. The van der Waals surface area contributed by atoms with Gasteiger partial charge in [0, 0.05) is 30.7 Å². The van der Waals surface area contributed by atoms with E-state index in [0.29, 0.717) is 23.4 Å². The average Bonchev–Trinajstić information content (AvgIpc) is 3.17. The second-order valence-electron chi connectivity index (χ2n) is 7.21. The van der Waals surface area contributed by atoms with Gasteiger partial charge in [0.25, 0.3) is 0 Å². The number of aromatic nitrogens is 4. The number of allylic oxidation sites excluding steroid dienone is 1. The molecule has 7 heteroatoms. The number of hydrogen-bond donors (Lipinski definition) is 3. The number of aromatic hydroxyl groups is 3. The molecule has 0 unspecified atom stereocenters. The summed E-state index contributed by atoms with van der Waals surface area (Å²) >= 11 is 0. The number of phenolic OH excluding ortho intramolecular Hbond substituents is 2. The Bertz CT molecular complexity index is 1060. The van der Waals surface area contributed by atoms with Gasteiger partial charge in [0.1, 0.15) is 11.5 Å². The number of aryl methyl sites for hydroxylation is 1. The number of benzene rings is 1. The molecule has 0 spiro atoms. The van der Waals surface area contributed by atoms with Crippen molar-refractivity contribution in [1.29, 1.82) is 0 Å². The maximum Gasteiger partial charge on any atom is 0.319 e. The van der Waals surface area contributed by atoms with Crippen LogP contribution < -0.4 is 0 Å². The number of rotatable bonds is 3. The molecule has 3 aromatic rings. The van der Waals surface area contributed by atoms with Crippen LogP contribution >= 0.6 is 0 Å². The lowest BCUT2D eigenvalue weighted by Crippen LogP contribution is -2.08. The van der Waals surface area contributed by atoms with Gasteiger partial charge in [-0.15, -0.1) is 5.10 Å². The Balaban J connectivity index is 1.87. The van der Waals surface area contributed by atoms with E-state index >= 15 is 0 Å². The van der Waals surface area contributed by atoms with Gasteiger partial charge in [-0.05, 0) is 48.1 Å². The Morgan fingerprint density at radius 1 is 1.04 bits per heavy atom. The van der Waals surface area contributed by atoms with Crippen molar-refractivity contribution in [3.05, 3.63) is 41.2 Å². The molecule has 1 aliphatic carbocycles. The van der Waals surface area contributed by atoms with Gasteiger partial charge in [0.15, 0.2) is 5.82 Å². The van der Waals surface area contributed by atoms with Gasteiger partial charge in [-0.2, -0.15) is 0 Å². The predicted molar refractivity (Wildman–Crippen MR) is 102 cm³/mol. The van der Waals surface area contributed by atoms with E-state index in [2.05, 4.69) is 14.8 Å². The van der Waals surface area contributed by atoms with Crippen molar-refractivity contribution in [3.63, 3.8) is 0 Å². The van der Waals surface area contributed by atoms with Crippen LogP contribution in [0.1, 0.15) is 43.0 Å². The third kappa shape index (κ3) is 2.75. The van der Waals surface area contributed by atoms with Gasteiger partial charge in [-0.25, -0.2) is 4.57 Å². The van der Waals surface area contributed by atoms with Crippen LogP contribution in [-0.4, -0.2) is 34.7 Å². The lowest BCUT2D eigenvalue weighted by molar-refractivity contribution is 0.420. The third-order valence-corrected chi connectivity index (χ3v) is 5.12. The molecular weight excluding hydrogens is 344 g/mol. The summed E-state index contributed by atoms with van der Waals surface area (Å²) in [6.07, 6.45) is 5.56. The van der Waals surface area contributed by atoms with Crippen LogP contribution in [0.25, 0.3) is 23.2 Å². The Morgan fingerprint density at radius 2 is 1.81 bits per heavy atom. The standard InChI is InChI=1S/C20H22N4O3/c1-11(2)14-9-15(18(26)10-17(14)25)19-21-22-20(27)24(19)13-4-5-16-12(8-13)6-7-23(16)3/h6-11,25-26H,4-5H2,1-3H3,(H,22,27). The minimum Gasteiger partial charge on any atom is -0.508 e. The Kier molecular flexibility index (Phi) is 3.95.